The van der Waals surface area contributed by atoms with Crippen molar-refractivity contribution in [3.63, 3.8) is 0 Å². The number of carbonyl (C=O) groups is 1. The average molecular weight is 293 g/mol. The molecule has 2 N–H and O–H groups in total. The predicted octanol–water partition coefficient (Wildman–Crippen LogP) is 3.51. The van der Waals surface area contributed by atoms with Crippen molar-refractivity contribution in [2.45, 2.75) is 71.3 Å². The maximum absolute atomic E-state index is 12.0. The van der Waals surface area contributed by atoms with Crippen molar-refractivity contribution in [3.05, 3.63) is 0 Å². The van der Waals surface area contributed by atoms with E-state index in [0.717, 1.165) is 36.6 Å². The summed E-state index contributed by atoms with van der Waals surface area (Å²) in [6, 6.07) is 0. The van der Waals surface area contributed by atoms with E-state index in [-0.39, 0.29) is 11.6 Å². The van der Waals surface area contributed by atoms with E-state index < -0.39 is 0 Å². The van der Waals surface area contributed by atoms with Gasteiger partial charge < -0.3 is 10.5 Å². The molecule has 0 aromatic rings. The standard InChI is InChI=1S/C18H31NO2/c1-17(2,3)21-16(20)5-4-15-13-6-12-7-14(15)10-18(8-12,9-13)11-19/h12-15H,4-11,19H2,1-3H3/t12?,13-,14+,15?,18?. The van der Waals surface area contributed by atoms with E-state index in [1.807, 2.05) is 20.8 Å². The normalized spacial score (nSPS) is 41.3. The van der Waals surface area contributed by atoms with Crippen molar-refractivity contribution in [2.75, 3.05) is 6.54 Å². The van der Waals surface area contributed by atoms with Gasteiger partial charge in [0.1, 0.15) is 5.60 Å². The Bertz CT molecular complexity index is 396. The third kappa shape index (κ3) is 3.13. The van der Waals surface area contributed by atoms with Gasteiger partial charge in [-0.1, -0.05) is 0 Å². The van der Waals surface area contributed by atoms with Crippen molar-refractivity contribution in [2.24, 2.45) is 34.8 Å². The quantitative estimate of drug-likeness (QED) is 0.807. The molecule has 0 saturated heterocycles. The van der Waals surface area contributed by atoms with Crippen LogP contribution < -0.4 is 5.73 Å². The van der Waals surface area contributed by atoms with Gasteiger partial charge in [0.2, 0.25) is 0 Å². The number of ether oxygens (including phenoxy) is 1. The molecule has 0 aromatic carbocycles. The van der Waals surface area contributed by atoms with E-state index >= 15 is 0 Å². The largest absolute Gasteiger partial charge is 0.460 e. The summed E-state index contributed by atoms with van der Waals surface area (Å²) in [5, 5.41) is 0. The van der Waals surface area contributed by atoms with Crippen LogP contribution in [0.4, 0.5) is 0 Å². The van der Waals surface area contributed by atoms with E-state index in [1.165, 1.54) is 32.1 Å². The highest BCUT2D eigenvalue weighted by molar-refractivity contribution is 5.69. The maximum atomic E-state index is 12.0. The van der Waals surface area contributed by atoms with Crippen LogP contribution in [0.2, 0.25) is 0 Å². The van der Waals surface area contributed by atoms with Gasteiger partial charge in [-0.2, -0.15) is 0 Å². The van der Waals surface area contributed by atoms with Crippen LogP contribution in [0, 0.1) is 29.1 Å². The average Bonchev–Trinajstić information content (AvgIpc) is 2.35. The summed E-state index contributed by atoms with van der Waals surface area (Å²) < 4.78 is 5.46. The molecule has 0 amide bonds. The van der Waals surface area contributed by atoms with E-state index in [4.69, 9.17) is 10.5 Å². The van der Waals surface area contributed by atoms with Crippen LogP contribution in [0.5, 0.6) is 0 Å². The number of nitrogens with two attached hydrogens (primary N) is 1. The number of hydrogen-bond donors (Lipinski definition) is 1. The number of esters is 1. The van der Waals surface area contributed by atoms with Crippen LogP contribution in [0.25, 0.3) is 0 Å². The molecular weight excluding hydrogens is 262 g/mol. The molecule has 0 heterocycles. The number of hydrogen-bond acceptors (Lipinski definition) is 3. The summed E-state index contributed by atoms with van der Waals surface area (Å²) in [4.78, 5) is 12.0. The van der Waals surface area contributed by atoms with Gasteiger partial charge in [0.05, 0.1) is 0 Å². The Hall–Kier alpha value is -0.570. The Balaban J connectivity index is 1.57. The fraction of sp³-hybridized carbons (Fsp3) is 0.944. The minimum absolute atomic E-state index is 0.0233. The molecule has 3 heteroatoms. The third-order valence-corrected chi connectivity index (χ3v) is 6.13. The summed E-state index contributed by atoms with van der Waals surface area (Å²) >= 11 is 0. The van der Waals surface area contributed by atoms with Gasteiger partial charge in [0, 0.05) is 6.42 Å². The lowest BCUT2D eigenvalue weighted by molar-refractivity contribution is -0.156. The molecule has 4 saturated carbocycles. The summed E-state index contributed by atoms with van der Waals surface area (Å²) in [5.74, 6) is 3.28. The fourth-order valence-corrected chi connectivity index (χ4v) is 5.70. The van der Waals surface area contributed by atoms with Crippen LogP contribution in [-0.4, -0.2) is 18.1 Å². The SMILES string of the molecule is CC(C)(C)OC(=O)CCC1[C@@H]2CC3C[C@H]1CC(CN)(C3)C2. The molecule has 3 nitrogen and oxygen atoms in total. The second-order valence-electron chi connectivity index (χ2n) is 8.96. The molecule has 0 aromatic heterocycles. The summed E-state index contributed by atoms with van der Waals surface area (Å²) in [6.07, 6.45) is 8.39. The molecule has 4 rings (SSSR count). The highest BCUT2D eigenvalue weighted by Gasteiger charge is 2.54. The van der Waals surface area contributed by atoms with E-state index in [0.29, 0.717) is 11.8 Å². The van der Waals surface area contributed by atoms with Gasteiger partial charge >= 0.3 is 5.97 Å². The van der Waals surface area contributed by atoms with Crippen LogP contribution in [0.1, 0.15) is 65.7 Å². The minimum Gasteiger partial charge on any atom is -0.460 e. The monoisotopic (exact) mass is 293 g/mol. The first kappa shape index (κ1) is 15.3. The second kappa shape index (κ2) is 5.26. The van der Waals surface area contributed by atoms with Gasteiger partial charge in [-0.25, -0.2) is 0 Å². The zero-order valence-corrected chi connectivity index (χ0v) is 13.9. The van der Waals surface area contributed by atoms with Gasteiger partial charge in [-0.3, -0.25) is 4.79 Å². The smallest absolute Gasteiger partial charge is 0.306 e. The molecule has 0 radical (unpaired) electrons. The Morgan fingerprint density at radius 2 is 1.81 bits per heavy atom. The highest BCUT2D eigenvalue weighted by atomic mass is 16.6. The van der Waals surface area contributed by atoms with Gasteiger partial charge in [0.15, 0.2) is 0 Å². The molecule has 4 fully saturated rings. The van der Waals surface area contributed by atoms with Gasteiger partial charge in [-0.15, -0.1) is 0 Å². The Labute approximate surface area is 129 Å². The minimum atomic E-state index is -0.356. The summed E-state index contributed by atoms with van der Waals surface area (Å²) in [5.41, 5.74) is 6.19. The van der Waals surface area contributed by atoms with Crippen molar-refractivity contribution in [3.8, 4) is 0 Å². The van der Waals surface area contributed by atoms with E-state index in [2.05, 4.69) is 0 Å². The van der Waals surface area contributed by atoms with E-state index in [1.54, 1.807) is 0 Å². The molecular formula is C18H31NO2. The number of rotatable bonds is 4. The van der Waals surface area contributed by atoms with Crippen molar-refractivity contribution >= 4 is 5.97 Å². The molecule has 21 heavy (non-hydrogen) atoms. The lowest BCUT2D eigenvalue weighted by atomic mass is 9.45. The topological polar surface area (TPSA) is 52.3 Å². The molecule has 120 valence electrons. The summed E-state index contributed by atoms with van der Waals surface area (Å²) in [6.45, 7) is 6.70. The van der Waals surface area contributed by atoms with Crippen molar-refractivity contribution in [1.29, 1.82) is 0 Å². The molecule has 3 unspecified atom stereocenters. The first-order valence-electron chi connectivity index (χ1n) is 8.72. The molecule has 0 aliphatic heterocycles. The molecule has 4 aliphatic rings. The van der Waals surface area contributed by atoms with Crippen molar-refractivity contribution in [1.82, 2.24) is 0 Å². The first-order valence-corrected chi connectivity index (χ1v) is 8.72. The van der Waals surface area contributed by atoms with Crippen LogP contribution in [0.3, 0.4) is 0 Å². The Morgan fingerprint density at radius 1 is 1.19 bits per heavy atom. The lowest BCUT2D eigenvalue weighted by Crippen LogP contribution is -2.53. The first-order chi connectivity index (χ1) is 9.80. The molecule has 5 atom stereocenters. The fourth-order valence-electron chi connectivity index (χ4n) is 5.70. The Morgan fingerprint density at radius 3 is 2.33 bits per heavy atom. The van der Waals surface area contributed by atoms with Crippen LogP contribution in [-0.2, 0) is 9.53 Å². The Kier molecular flexibility index (Phi) is 3.84. The zero-order chi connectivity index (χ0) is 15.3. The van der Waals surface area contributed by atoms with Gasteiger partial charge in [-0.05, 0) is 94.9 Å². The lowest BCUT2D eigenvalue weighted by Gasteiger charge is -2.60. The zero-order valence-electron chi connectivity index (χ0n) is 13.9. The summed E-state index contributed by atoms with van der Waals surface area (Å²) in [7, 11) is 0. The third-order valence-electron chi connectivity index (χ3n) is 6.13. The molecule has 0 spiro atoms. The van der Waals surface area contributed by atoms with Gasteiger partial charge in [0.25, 0.3) is 0 Å². The molecule has 4 bridgehead atoms. The maximum Gasteiger partial charge on any atom is 0.306 e. The highest BCUT2D eigenvalue weighted by Crippen LogP contribution is 2.62. The van der Waals surface area contributed by atoms with Crippen molar-refractivity contribution < 1.29 is 9.53 Å². The predicted molar refractivity (Wildman–Crippen MR) is 83.6 cm³/mol. The van der Waals surface area contributed by atoms with Crippen LogP contribution >= 0.6 is 0 Å². The number of carbonyl (C=O) groups excluding carboxylic acids is 1. The second-order valence-corrected chi connectivity index (χ2v) is 8.96. The van der Waals surface area contributed by atoms with Crippen LogP contribution in [0.15, 0.2) is 0 Å². The molecule has 4 aliphatic carbocycles. The van der Waals surface area contributed by atoms with E-state index in [9.17, 15) is 4.79 Å².